The summed E-state index contributed by atoms with van der Waals surface area (Å²) in [7, 11) is 0. The lowest BCUT2D eigenvalue weighted by Crippen LogP contribution is -2.14. The van der Waals surface area contributed by atoms with Gasteiger partial charge in [-0.25, -0.2) is 4.98 Å². The van der Waals surface area contributed by atoms with Gasteiger partial charge in [-0.05, 0) is 19.0 Å². The number of aromatic amines is 1. The summed E-state index contributed by atoms with van der Waals surface area (Å²) in [6, 6.07) is 4.07. The van der Waals surface area contributed by atoms with Gasteiger partial charge in [-0.3, -0.25) is 0 Å². The quantitative estimate of drug-likeness (QED) is 0.767. The summed E-state index contributed by atoms with van der Waals surface area (Å²) in [5.41, 5.74) is 0.752. The number of hydrogen-bond donors (Lipinski definition) is 2. The van der Waals surface area contributed by atoms with Gasteiger partial charge in [-0.1, -0.05) is 0 Å². The fourth-order valence-corrected chi connectivity index (χ4v) is 2.34. The van der Waals surface area contributed by atoms with E-state index in [4.69, 9.17) is 5.26 Å². The fraction of sp³-hybridized carbons (Fsp3) is 0.333. The molecule has 0 fully saturated rings. The number of thiophene rings is 1. The largest absolute Gasteiger partial charge is 0.349 e. The van der Waals surface area contributed by atoms with Crippen molar-refractivity contribution in [1.29, 1.82) is 5.26 Å². The van der Waals surface area contributed by atoms with Crippen molar-refractivity contribution in [3.05, 3.63) is 40.1 Å². The van der Waals surface area contributed by atoms with Crippen LogP contribution in [0.1, 0.15) is 22.7 Å². The number of hydrogen-bond acceptors (Lipinski definition) is 4. The lowest BCUT2D eigenvalue weighted by atomic mass is 10.3. The number of aromatic nitrogens is 2. The van der Waals surface area contributed by atoms with E-state index >= 15 is 0 Å². The van der Waals surface area contributed by atoms with E-state index in [1.165, 1.54) is 4.88 Å². The van der Waals surface area contributed by atoms with Crippen LogP contribution in [0.5, 0.6) is 0 Å². The Morgan fingerprint density at radius 3 is 3.18 bits per heavy atom. The number of nitriles is 1. The minimum atomic E-state index is 0.752. The normalized spacial score (nSPS) is 10.3. The first kappa shape index (κ1) is 11.8. The van der Waals surface area contributed by atoms with Crippen LogP contribution in [0.2, 0.25) is 0 Å². The van der Waals surface area contributed by atoms with Gasteiger partial charge >= 0.3 is 0 Å². The highest BCUT2D eigenvalue weighted by atomic mass is 32.1. The summed E-state index contributed by atoms with van der Waals surface area (Å²) in [5.74, 6) is 1.04. The molecule has 0 aliphatic rings. The Hall–Kier alpha value is -1.64. The minimum absolute atomic E-state index is 0.752. The van der Waals surface area contributed by atoms with Crippen LogP contribution in [0.25, 0.3) is 0 Å². The lowest BCUT2D eigenvalue weighted by Gasteiger charge is -2.01. The number of nitrogens with zero attached hydrogens (tertiary/aromatic N) is 2. The number of imidazole rings is 1. The molecule has 0 radical (unpaired) electrons. The predicted molar refractivity (Wildman–Crippen MR) is 67.6 cm³/mol. The van der Waals surface area contributed by atoms with Crippen molar-refractivity contribution in [3.63, 3.8) is 0 Å². The monoisotopic (exact) mass is 246 g/mol. The molecular formula is C12H14N4S. The zero-order valence-corrected chi connectivity index (χ0v) is 10.3. The Balaban J connectivity index is 1.62. The van der Waals surface area contributed by atoms with Crippen molar-refractivity contribution in [2.75, 3.05) is 6.54 Å². The Bertz CT molecular complexity index is 481. The van der Waals surface area contributed by atoms with Crippen molar-refractivity contribution < 1.29 is 0 Å². The highest BCUT2D eigenvalue weighted by Crippen LogP contribution is 2.13. The van der Waals surface area contributed by atoms with Crippen LogP contribution in [0, 0.1) is 11.3 Å². The third-order valence-electron chi connectivity index (χ3n) is 2.40. The molecule has 0 atom stereocenters. The second kappa shape index (κ2) is 6.18. The van der Waals surface area contributed by atoms with Gasteiger partial charge in [-0.2, -0.15) is 5.26 Å². The average molecular weight is 246 g/mol. The smallest absolute Gasteiger partial charge is 0.106 e. The molecule has 2 heterocycles. The van der Waals surface area contributed by atoms with Gasteiger partial charge in [0.25, 0.3) is 0 Å². The molecule has 0 bridgehead atoms. The SMILES string of the molecule is N#Cc1csc(CNCCCc2ncc[nH]2)c1. The molecule has 5 heteroatoms. The van der Waals surface area contributed by atoms with Crippen molar-refractivity contribution in [2.45, 2.75) is 19.4 Å². The lowest BCUT2D eigenvalue weighted by molar-refractivity contribution is 0.645. The van der Waals surface area contributed by atoms with E-state index in [9.17, 15) is 0 Å². The molecule has 17 heavy (non-hydrogen) atoms. The van der Waals surface area contributed by atoms with Gasteiger partial charge in [0.1, 0.15) is 11.9 Å². The van der Waals surface area contributed by atoms with Crippen LogP contribution in [0.3, 0.4) is 0 Å². The first-order valence-corrected chi connectivity index (χ1v) is 6.43. The topological polar surface area (TPSA) is 64.5 Å². The average Bonchev–Trinajstić information content (AvgIpc) is 2.99. The molecular weight excluding hydrogens is 232 g/mol. The van der Waals surface area contributed by atoms with Gasteiger partial charge in [0.15, 0.2) is 0 Å². The number of H-pyrrole nitrogens is 1. The molecule has 0 saturated heterocycles. The first-order chi connectivity index (χ1) is 8.38. The molecule has 2 aromatic heterocycles. The van der Waals surface area contributed by atoms with Crippen LogP contribution in [-0.2, 0) is 13.0 Å². The summed E-state index contributed by atoms with van der Waals surface area (Å²) in [6.45, 7) is 1.80. The van der Waals surface area contributed by atoms with E-state index < -0.39 is 0 Å². The fourth-order valence-electron chi connectivity index (χ4n) is 1.56. The van der Waals surface area contributed by atoms with Crippen LogP contribution in [-0.4, -0.2) is 16.5 Å². The van der Waals surface area contributed by atoms with E-state index in [0.29, 0.717) is 0 Å². The summed E-state index contributed by atoms with van der Waals surface area (Å²) >= 11 is 1.63. The molecule has 0 aliphatic heterocycles. The van der Waals surface area contributed by atoms with Crippen LogP contribution in [0.4, 0.5) is 0 Å². The molecule has 0 spiro atoms. The molecule has 0 aliphatic carbocycles. The van der Waals surface area contributed by atoms with Crippen LogP contribution >= 0.6 is 11.3 Å². The van der Waals surface area contributed by atoms with Crippen LogP contribution in [0.15, 0.2) is 23.8 Å². The zero-order chi connectivity index (χ0) is 11.9. The maximum Gasteiger partial charge on any atom is 0.106 e. The van der Waals surface area contributed by atoms with E-state index in [1.807, 2.05) is 17.6 Å². The molecule has 88 valence electrons. The molecule has 4 nitrogen and oxygen atoms in total. The van der Waals surface area contributed by atoms with E-state index in [2.05, 4.69) is 21.4 Å². The molecule has 2 N–H and O–H groups in total. The zero-order valence-electron chi connectivity index (χ0n) is 9.44. The Labute approximate surface area is 104 Å². The standard InChI is InChI=1S/C12H14N4S/c13-7-10-6-11(17-9-10)8-14-3-1-2-12-15-4-5-16-12/h4-6,9,14H,1-3,8H2,(H,15,16). The predicted octanol–water partition coefficient (Wildman–Crippen LogP) is 2.07. The van der Waals surface area contributed by atoms with Crippen molar-refractivity contribution >= 4 is 11.3 Å². The first-order valence-electron chi connectivity index (χ1n) is 5.55. The van der Waals surface area contributed by atoms with Gasteiger partial charge in [0.05, 0.1) is 5.56 Å². The summed E-state index contributed by atoms with van der Waals surface area (Å²) in [5, 5.41) is 13.9. The second-order valence-corrected chi connectivity index (χ2v) is 4.73. The molecule has 0 aromatic carbocycles. The minimum Gasteiger partial charge on any atom is -0.349 e. The summed E-state index contributed by atoms with van der Waals surface area (Å²) < 4.78 is 0. The highest BCUT2D eigenvalue weighted by Gasteiger charge is 1.99. The van der Waals surface area contributed by atoms with E-state index in [1.54, 1.807) is 17.5 Å². The van der Waals surface area contributed by atoms with Gasteiger partial charge in [0, 0.05) is 35.6 Å². The summed E-state index contributed by atoms with van der Waals surface area (Å²) in [4.78, 5) is 8.46. The number of rotatable bonds is 6. The van der Waals surface area contributed by atoms with Crippen molar-refractivity contribution in [1.82, 2.24) is 15.3 Å². The third kappa shape index (κ3) is 3.70. The maximum atomic E-state index is 8.69. The second-order valence-electron chi connectivity index (χ2n) is 3.73. The number of nitrogens with one attached hydrogen (secondary N) is 2. The molecule has 0 unspecified atom stereocenters. The highest BCUT2D eigenvalue weighted by molar-refractivity contribution is 7.10. The molecule has 2 rings (SSSR count). The third-order valence-corrected chi connectivity index (χ3v) is 3.34. The molecule has 0 amide bonds. The van der Waals surface area contributed by atoms with Gasteiger partial charge < -0.3 is 10.3 Å². The number of aryl methyl sites for hydroxylation is 1. The van der Waals surface area contributed by atoms with Gasteiger partial charge in [-0.15, -0.1) is 11.3 Å². The Kier molecular flexibility index (Phi) is 4.30. The van der Waals surface area contributed by atoms with Crippen LogP contribution < -0.4 is 5.32 Å². The maximum absolute atomic E-state index is 8.69. The van der Waals surface area contributed by atoms with E-state index in [-0.39, 0.29) is 0 Å². The van der Waals surface area contributed by atoms with Gasteiger partial charge in [0.2, 0.25) is 0 Å². The van der Waals surface area contributed by atoms with Crippen molar-refractivity contribution in [3.8, 4) is 6.07 Å². The Morgan fingerprint density at radius 1 is 1.53 bits per heavy atom. The molecule has 2 aromatic rings. The Morgan fingerprint density at radius 2 is 2.47 bits per heavy atom. The van der Waals surface area contributed by atoms with E-state index in [0.717, 1.165) is 37.3 Å². The summed E-state index contributed by atoms with van der Waals surface area (Å²) in [6.07, 6.45) is 5.65. The van der Waals surface area contributed by atoms with Crippen molar-refractivity contribution in [2.24, 2.45) is 0 Å². The molecule has 0 saturated carbocycles.